The third-order valence-electron chi connectivity index (χ3n) is 6.62. The molecule has 10 nitrogen and oxygen atoms in total. The average molecular weight is 506 g/mol. The molecule has 6 rings (SSSR count). The largest absolute Gasteiger partial charge is 0.375 e. The van der Waals surface area contributed by atoms with Gasteiger partial charge < -0.3 is 5.11 Å². The van der Waals surface area contributed by atoms with Crippen LogP contribution in [0.3, 0.4) is 0 Å². The van der Waals surface area contributed by atoms with Crippen LogP contribution >= 0.6 is 0 Å². The van der Waals surface area contributed by atoms with Gasteiger partial charge in [-0.2, -0.15) is 5.11 Å². The Kier molecular flexibility index (Phi) is 6.45. The van der Waals surface area contributed by atoms with Crippen molar-refractivity contribution >= 4 is 0 Å². The van der Waals surface area contributed by atoms with Crippen LogP contribution in [0.1, 0.15) is 28.1 Å². The highest BCUT2D eigenvalue weighted by Crippen LogP contribution is 2.35. The molecule has 190 valence electrons. The molecule has 1 aliphatic heterocycles. The third kappa shape index (κ3) is 4.94. The molecule has 1 N–H and O–H groups in total. The van der Waals surface area contributed by atoms with Crippen molar-refractivity contribution in [2.24, 2.45) is 10.3 Å². The standard InChI is InChI=1S/C28H27N9O/c38-28(25-19-35(32-29-25)16-22-10-4-1-5-11-22,26-20-36(33-30-26)17-23-12-6-2-7-13-23)27-21-37(34-31-27)18-24-14-8-3-9-15-24/h1-15,19-20,27,38H,16-18,21H2. The van der Waals surface area contributed by atoms with E-state index in [1.165, 1.54) is 0 Å². The van der Waals surface area contributed by atoms with Crippen LogP contribution in [-0.2, 0) is 25.2 Å². The highest BCUT2D eigenvalue weighted by Gasteiger charge is 2.48. The zero-order valence-corrected chi connectivity index (χ0v) is 20.7. The minimum Gasteiger partial charge on any atom is -0.375 e. The first-order valence-corrected chi connectivity index (χ1v) is 12.5. The van der Waals surface area contributed by atoms with Crippen LogP contribution in [0.2, 0.25) is 0 Å². The lowest BCUT2D eigenvalue weighted by molar-refractivity contribution is 0.0414. The predicted octanol–water partition coefficient (Wildman–Crippen LogP) is 3.45. The second kappa shape index (κ2) is 10.3. The highest BCUT2D eigenvalue weighted by atomic mass is 16.3. The van der Waals surface area contributed by atoms with E-state index in [-0.39, 0.29) is 0 Å². The lowest BCUT2D eigenvalue weighted by Gasteiger charge is -2.27. The summed E-state index contributed by atoms with van der Waals surface area (Å²) in [5.74, 6) is 0. The third-order valence-corrected chi connectivity index (χ3v) is 6.62. The first kappa shape index (κ1) is 23.7. The second-order valence-corrected chi connectivity index (χ2v) is 9.39. The fourth-order valence-corrected chi connectivity index (χ4v) is 4.63. The van der Waals surface area contributed by atoms with Gasteiger partial charge in [-0.05, 0) is 16.7 Å². The molecule has 2 aromatic heterocycles. The monoisotopic (exact) mass is 505 g/mol. The van der Waals surface area contributed by atoms with Crippen LogP contribution in [0, 0.1) is 0 Å². The molecule has 1 atom stereocenters. The quantitative estimate of drug-likeness (QED) is 0.329. The first-order valence-electron chi connectivity index (χ1n) is 12.5. The normalized spacial score (nSPS) is 15.3. The Morgan fingerprint density at radius 2 is 1.11 bits per heavy atom. The highest BCUT2D eigenvalue weighted by molar-refractivity contribution is 5.28. The van der Waals surface area contributed by atoms with Crippen molar-refractivity contribution in [3.05, 3.63) is 131 Å². The van der Waals surface area contributed by atoms with E-state index in [1.54, 1.807) is 21.8 Å². The SMILES string of the molecule is OC(c1cn(Cc2ccccc2)nn1)(c1cn(Cc2ccccc2)nn1)C1CN(Cc2ccccc2)N=N1. The van der Waals surface area contributed by atoms with Gasteiger partial charge in [0, 0.05) is 0 Å². The van der Waals surface area contributed by atoms with Gasteiger partial charge in [0.2, 0.25) is 0 Å². The molecule has 0 amide bonds. The Balaban J connectivity index is 1.30. The van der Waals surface area contributed by atoms with E-state index >= 15 is 0 Å². The van der Waals surface area contributed by atoms with Crippen LogP contribution in [0.15, 0.2) is 114 Å². The van der Waals surface area contributed by atoms with E-state index in [4.69, 9.17) is 0 Å². The Morgan fingerprint density at radius 3 is 1.58 bits per heavy atom. The summed E-state index contributed by atoms with van der Waals surface area (Å²) in [7, 11) is 0. The van der Waals surface area contributed by atoms with Crippen LogP contribution < -0.4 is 0 Å². The summed E-state index contributed by atoms with van der Waals surface area (Å²) in [5, 5.41) is 40.3. The molecule has 0 fully saturated rings. The number of aromatic nitrogens is 6. The van der Waals surface area contributed by atoms with E-state index in [1.807, 2.05) is 96.0 Å². The van der Waals surface area contributed by atoms with Gasteiger partial charge in [0.1, 0.15) is 17.4 Å². The molecule has 1 unspecified atom stereocenters. The van der Waals surface area contributed by atoms with Crippen LogP contribution in [0.4, 0.5) is 0 Å². The van der Waals surface area contributed by atoms with Crippen molar-refractivity contribution in [2.45, 2.75) is 31.3 Å². The van der Waals surface area contributed by atoms with Gasteiger partial charge in [-0.15, -0.1) is 10.2 Å². The summed E-state index contributed by atoms with van der Waals surface area (Å²) in [6.07, 6.45) is 3.50. The summed E-state index contributed by atoms with van der Waals surface area (Å²) in [4.78, 5) is 0. The minimum atomic E-state index is -1.67. The van der Waals surface area contributed by atoms with Gasteiger partial charge in [0.25, 0.3) is 0 Å². The van der Waals surface area contributed by atoms with Crippen molar-refractivity contribution in [3.8, 4) is 0 Å². The summed E-state index contributed by atoms with van der Waals surface area (Å²) in [6, 6.07) is 29.4. The molecule has 0 saturated carbocycles. The summed E-state index contributed by atoms with van der Waals surface area (Å²) >= 11 is 0. The predicted molar refractivity (Wildman–Crippen MR) is 140 cm³/mol. The molecule has 10 heteroatoms. The molecule has 0 aliphatic carbocycles. The van der Waals surface area contributed by atoms with Crippen LogP contribution in [-0.4, -0.2) is 52.7 Å². The van der Waals surface area contributed by atoms with Crippen molar-refractivity contribution in [1.82, 2.24) is 35.0 Å². The lowest BCUT2D eigenvalue weighted by Crippen LogP contribution is -2.43. The maximum atomic E-state index is 12.3. The van der Waals surface area contributed by atoms with Gasteiger partial charge in [0.05, 0.1) is 38.6 Å². The Labute approximate surface area is 219 Å². The first-order chi connectivity index (χ1) is 18.7. The smallest absolute Gasteiger partial charge is 0.181 e. The van der Waals surface area contributed by atoms with Gasteiger partial charge in [-0.1, -0.05) is 107 Å². The van der Waals surface area contributed by atoms with E-state index in [0.29, 0.717) is 37.6 Å². The number of benzene rings is 3. The van der Waals surface area contributed by atoms with Gasteiger partial charge in [-0.25, -0.2) is 9.36 Å². The van der Waals surface area contributed by atoms with E-state index in [2.05, 4.69) is 31.0 Å². The summed E-state index contributed by atoms with van der Waals surface area (Å²) in [5.41, 5.74) is 2.31. The van der Waals surface area contributed by atoms with Crippen molar-refractivity contribution < 1.29 is 5.11 Å². The molecule has 38 heavy (non-hydrogen) atoms. The van der Waals surface area contributed by atoms with E-state index < -0.39 is 11.6 Å². The van der Waals surface area contributed by atoms with E-state index in [9.17, 15) is 5.11 Å². The second-order valence-electron chi connectivity index (χ2n) is 9.39. The van der Waals surface area contributed by atoms with Gasteiger partial charge >= 0.3 is 0 Å². The van der Waals surface area contributed by atoms with Crippen molar-refractivity contribution in [2.75, 3.05) is 6.54 Å². The summed E-state index contributed by atoms with van der Waals surface area (Å²) in [6.45, 7) is 2.02. The molecule has 0 saturated heterocycles. The topological polar surface area (TPSA) is 110 Å². The van der Waals surface area contributed by atoms with Gasteiger partial charge in [-0.3, -0.25) is 5.01 Å². The molecule has 0 radical (unpaired) electrons. The molecule has 3 heterocycles. The Hall–Kier alpha value is -4.70. The molecular formula is C28H27N9O. The van der Waals surface area contributed by atoms with Crippen LogP contribution in [0.25, 0.3) is 0 Å². The maximum Gasteiger partial charge on any atom is 0.181 e. The van der Waals surface area contributed by atoms with Crippen molar-refractivity contribution in [3.63, 3.8) is 0 Å². The summed E-state index contributed by atoms with van der Waals surface area (Å²) < 4.78 is 3.41. The average Bonchev–Trinajstić information content (AvgIpc) is 3.73. The number of aliphatic hydroxyl groups is 1. The Bertz CT molecular complexity index is 1420. The number of nitrogens with zero attached hydrogens (tertiary/aromatic N) is 9. The zero-order chi connectivity index (χ0) is 25.8. The zero-order valence-electron chi connectivity index (χ0n) is 20.7. The minimum absolute atomic E-state index is 0.353. The molecule has 3 aromatic carbocycles. The number of rotatable bonds is 9. The van der Waals surface area contributed by atoms with E-state index in [0.717, 1.165) is 16.7 Å². The lowest BCUT2D eigenvalue weighted by atomic mass is 9.88. The fraction of sp³-hybridized carbons (Fsp3) is 0.214. The van der Waals surface area contributed by atoms with Crippen molar-refractivity contribution in [1.29, 1.82) is 0 Å². The number of hydrogen-bond donors (Lipinski definition) is 1. The van der Waals surface area contributed by atoms with Gasteiger partial charge in [0.15, 0.2) is 5.60 Å². The maximum absolute atomic E-state index is 12.3. The van der Waals surface area contributed by atoms with Crippen LogP contribution in [0.5, 0.6) is 0 Å². The molecule has 0 spiro atoms. The molecular weight excluding hydrogens is 478 g/mol. The molecule has 0 bridgehead atoms. The molecule has 5 aromatic rings. The molecule has 1 aliphatic rings. The fourth-order valence-electron chi connectivity index (χ4n) is 4.63. The number of hydrogen-bond acceptors (Lipinski definition) is 8. The Morgan fingerprint density at radius 1 is 0.658 bits per heavy atom.